The minimum Gasteiger partial charge on any atom is -0.395 e. The Morgan fingerprint density at radius 1 is 1.10 bits per heavy atom. The minimum atomic E-state index is -2.27. The molecule has 0 bridgehead atoms. The molecule has 39 heavy (non-hydrogen) atoms. The van der Waals surface area contributed by atoms with Crippen LogP contribution in [-0.4, -0.2) is 63.7 Å². The van der Waals surface area contributed by atoms with E-state index >= 15 is 4.39 Å². The summed E-state index contributed by atoms with van der Waals surface area (Å²) in [6.07, 6.45) is 1.55. The number of hydrogen-bond acceptors (Lipinski definition) is 9. The van der Waals surface area contributed by atoms with Gasteiger partial charge in [-0.15, -0.1) is 0 Å². The standard InChI is InChI=1S/C25H23F3N6O3S2/c26-15-4-5-17(27)20(14-15)39(36)33-18-3-1-2-16(21(18)28)22-23(19-6-7-29-24(31-19)30-8-11-35)38-25(32-22)34-9-12-37-13-10-34/h1-7,14,33,35H,8-13H2,(H,29,30,31). The van der Waals surface area contributed by atoms with Gasteiger partial charge in [0.25, 0.3) is 0 Å². The molecular formula is C25H23F3N6O3S2. The van der Waals surface area contributed by atoms with Crippen LogP contribution in [0.3, 0.4) is 0 Å². The van der Waals surface area contributed by atoms with E-state index in [0.29, 0.717) is 47.7 Å². The smallest absolute Gasteiger partial charge is 0.223 e. The van der Waals surface area contributed by atoms with E-state index in [1.165, 1.54) is 23.5 Å². The first-order valence-electron chi connectivity index (χ1n) is 11.9. The second-order valence-corrected chi connectivity index (χ2v) is 10.5. The van der Waals surface area contributed by atoms with Gasteiger partial charge in [0.15, 0.2) is 21.9 Å². The maximum atomic E-state index is 15.9. The number of hydrogen-bond donors (Lipinski definition) is 3. The number of aliphatic hydroxyl groups is 1. The molecule has 0 spiro atoms. The Kier molecular flexibility index (Phi) is 8.35. The van der Waals surface area contributed by atoms with Gasteiger partial charge in [0, 0.05) is 31.4 Å². The van der Waals surface area contributed by atoms with Crippen LogP contribution in [0.5, 0.6) is 0 Å². The van der Waals surface area contributed by atoms with Gasteiger partial charge in [-0.1, -0.05) is 17.4 Å². The van der Waals surface area contributed by atoms with Crippen molar-refractivity contribution >= 4 is 39.1 Å². The van der Waals surface area contributed by atoms with E-state index in [2.05, 4.69) is 20.0 Å². The number of rotatable bonds is 9. The first-order valence-corrected chi connectivity index (χ1v) is 13.8. The van der Waals surface area contributed by atoms with Gasteiger partial charge < -0.3 is 20.1 Å². The van der Waals surface area contributed by atoms with Crippen LogP contribution in [0.25, 0.3) is 21.8 Å². The predicted octanol–water partition coefficient (Wildman–Crippen LogP) is 4.06. The number of ether oxygens (including phenoxy) is 1. The lowest BCUT2D eigenvalue weighted by Gasteiger charge is -2.26. The summed E-state index contributed by atoms with van der Waals surface area (Å²) in [5.74, 6) is -2.13. The Balaban J connectivity index is 1.55. The molecule has 0 saturated carbocycles. The van der Waals surface area contributed by atoms with Gasteiger partial charge in [-0.3, -0.25) is 4.72 Å². The van der Waals surface area contributed by atoms with Gasteiger partial charge in [0.1, 0.15) is 11.6 Å². The lowest BCUT2D eigenvalue weighted by molar-refractivity contribution is 0.122. The van der Waals surface area contributed by atoms with Crippen LogP contribution >= 0.6 is 11.3 Å². The minimum absolute atomic E-state index is 0.103. The molecule has 0 aliphatic carbocycles. The van der Waals surface area contributed by atoms with Crippen LogP contribution < -0.4 is 14.9 Å². The van der Waals surface area contributed by atoms with E-state index < -0.39 is 33.3 Å². The molecule has 0 radical (unpaired) electrons. The van der Waals surface area contributed by atoms with E-state index in [1.54, 1.807) is 18.3 Å². The van der Waals surface area contributed by atoms with Crippen molar-refractivity contribution in [3.05, 3.63) is 66.1 Å². The van der Waals surface area contributed by atoms with Gasteiger partial charge in [0.05, 0.1) is 46.7 Å². The fraction of sp³-hybridized carbons (Fsp3) is 0.240. The molecule has 5 rings (SSSR count). The second-order valence-electron chi connectivity index (χ2n) is 8.30. The molecule has 14 heteroatoms. The molecule has 0 amide bonds. The molecule has 4 aromatic rings. The largest absolute Gasteiger partial charge is 0.395 e. The van der Waals surface area contributed by atoms with Crippen molar-refractivity contribution in [2.24, 2.45) is 0 Å². The van der Waals surface area contributed by atoms with E-state index in [4.69, 9.17) is 14.8 Å². The zero-order valence-electron chi connectivity index (χ0n) is 20.4. The molecule has 9 nitrogen and oxygen atoms in total. The molecule has 1 atom stereocenters. The number of nitrogens with one attached hydrogen (secondary N) is 2. The van der Waals surface area contributed by atoms with Crippen molar-refractivity contribution in [1.29, 1.82) is 0 Å². The monoisotopic (exact) mass is 576 g/mol. The van der Waals surface area contributed by atoms with Crippen LogP contribution in [0.4, 0.5) is 29.9 Å². The zero-order valence-corrected chi connectivity index (χ0v) is 22.0. The van der Waals surface area contributed by atoms with Gasteiger partial charge in [0.2, 0.25) is 5.95 Å². The van der Waals surface area contributed by atoms with Crippen molar-refractivity contribution < 1.29 is 27.2 Å². The van der Waals surface area contributed by atoms with Crippen molar-refractivity contribution in [2.75, 3.05) is 54.4 Å². The lowest BCUT2D eigenvalue weighted by atomic mass is 10.1. The zero-order chi connectivity index (χ0) is 27.4. The van der Waals surface area contributed by atoms with Crippen molar-refractivity contribution in [1.82, 2.24) is 15.0 Å². The van der Waals surface area contributed by atoms with Crippen LogP contribution in [0, 0.1) is 17.5 Å². The molecule has 2 aromatic heterocycles. The number of anilines is 3. The van der Waals surface area contributed by atoms with Gasteiger partial charge >= 0.3 is 0 Å². The summed E-state index contributed by atoms with van der Waals surface area (Å²) in [4.78, 5) is 15.6. The first kappa shape index (κ1) is 27.0. The molecule has 1 aliphatic rings. The Morgan fingerprint density at radius 2 is 1.92 bits per heavy atom. The summed E-state index contributed by atoms with van der Waals surface area (Å²) in [5.41, 5.74) is 0.720. The fourth-order valence-corrected chi connectivity index (χ4v) is 5.89. The number of halogens is 3. The highest BCUT2D eigenvalue weighted by Gasteiger charge is 2.25. The van der Waals surface area contributed by atoms with Crippen LogP contribution in [0.1, 0.15) is 0 Å². The van der Waals surface area contributed by atoms with E-state index in [-0.39, 0.29) is 30.4 Å². The maximum Gasteiger partial charge on any atom is 0.223 e. The maximum absolute atomic E-state index is 15.9. The molecule has 1 unspecified atom stereocenters. The summed E-state index contributed by atoms with van der Waals surface area (Å²) in [6, 6.07) is 8.66. The Labute approximate surface area is 228 Å². The third-order valence-electron chi connectivity index (χ3n) is 5.73. The summed E-state index contributed by atoms with van der Waals surface area (Å²) in [7, 11) is -2.27. The number of nitrogens with zero attached hydrogens (tertiary/aromatic N) is 4. The highest BCUT2D eigenvalue weighted by molar-refractivity contribution is 7.86. The van der Waals surface area contributed by atoms with Crippen molar-refractivity contribution in [3.8, 4) is 21.8 Å². The number of aromatic nitrogens is 3. The average molecular weight is 577 g/mol. The highest BCUT2D eigenvalue weighted by Crippen LogP contribution is 2.42. The van der Waals surface area contributed by atoms with Crippen LogP contribution in [0.2, 0.25) is 0 Å². The normalized spacial score (nSPS) is 14.3. The SMILES string of the molecule is O=S(Nc1cccc(-c2nc(N3CCOCC3)sc2-c2ccnc(NCCO)n2)c1F)c1cc(F)ccc1F. The first-order chi connectivity index (χ1) is 18.9. The van der Waals surface area contributed by atoms with Crippen LogP contribution in [-0.2, 0) is 15.7 Å². The Hall–Kier alpha value is -3.59. The van der Waals surface area contributed by atoms with Gasteiger partial charge in [-0.05, 0) is 36.4 Å². The molecular weight excluding hydrogens is 553 g/mol. The summed E-state index contributed by atoms with van der Waals surface area (Å²) >= 11 is 1.33. The second kappa shape index (κ2) is 12.1. The highest BCUT2D eigenvalue weighted by atomic mass is 32.2. The van der Waals surface area contributed by atoms with E-state index in [9.17, 15) is 13.0 Å². The topological polar surface area (TPSA) is 113 Å². The summed E-state index contributed by atoms with van der Waals surface area (Å²) < 4.78 is 64.3. The molecule has 3 N–H and O–H groups in total. The Morgan fingerprint density at radius 3 is 2.72 bits per heavy atom. The van der Waals surface area contributed by atoms with Gasteiger partial charge in [-0.25, -0.2) is 32.3 Å². The number of thiazole rings is 1. The Bertz CT molecular complexity index is 1500. The van der Waals surface area contributed by atoms with Crippen molar-refractivity contribution in [3.63, 3.8) is 0 Å². The molecule has 1 fully saturated rings. The van der Waals surface area contributed by atoms with Gasteiger partial charge in [-0.2, -0.15) is 0 Å². The average Bonchev–Trinajstić information content (AvgIpc) is 3.40. The number of benzene rings is 2. The molecule has 2 aromatic carbocycles. The third kappa shape index (κ3) is 6.03. The third-order valence-corrected chi connectivity index (χ3v) is 7.99. The molecule has 1 aliphatic heterocycles. The van der Waals surface area contributed by atoms with Crippen LogP contribution in [0.15, 0.2) is 53.6 Å². The quantitative estimate of drug-likeness (QED) is 0.274. The fourth-order valence-electron chi connectivity index (χ4n) is 3.86. The predicted molar refractivity (Wildman–Crippen MR) is 144 cm³/mol. The number of morpholine rings is 1. The van der Waals surface area contributed by atoms with E-state index in [0.717, 1.165) is 18.2 Å². The lowest BCUT2D eigenvalue weighted by Crippen LogP contribution is -2.36. The van der Waals surface area contributed by atoms with Crippen molar-refractivity contribution in [2.45, 2.75) is 4.90 Å². The summed E-state index contributed by atoms with van der Waals surface area (Å²) in [6.45, 7) is 2.44. The molecule has 204 valence electrons. The molecule has 3 heterocycles. The summed E-state index contributed by atoms with van der Waals surface area (Å²) in [5, 5.41) is 12.7. The van der Waals surface area contributed by atoms with E-state index in [1.807, 2.05) is 4.90 Å². The number of aliphatic hydroxyl groups excluding tert-OH is 1. The molecule has 1 saturated heterocycles.